The van der Waals surface area contributed by atoms with Gasteiger partial charge in [0.1, 0.15) is 18.5 Å². The van der Waals surface area contributed by atoms with E-state index < -0.39 is 17.8 Å². The van der Waals surface area contributed by atoms with Crippen LogP contribution in [0.2, 0.25) is 0 Å². The molecular formula is C32H39FN2O3. The van der Waals surface area contributed by atoms with Gasteiger partial charge >= 0.3 is 0 Å². The molecule has 1 aliphatic rings. The predicted molar refractivity (Wildman–Crippen MR) is 150 cm³/mol. The number of carbonyl (C=O) groups excluding carboxylic acids is 2. The fraction of sp³-hybridized carbons (Fsp3) is 0.375. The lowest BCUT2D eigenvalue weighted by Crippen LogP contribution is -2.47. The van der Waals surface area contributed by atoms with Gasteiger partial charge in [0, 0.05) is 17.3 Å². The highest BCUT2D eigenvalue weighted by molar-refractivity contribution is 5.91. The largest absolute Gasteiger partial charge is 0.367 e. The summed E-state index contributed by atoms with van der Waals surface area (Å²) in [5.74, 6) is -1.03. The number of hydrogen-bond donors (Lipinski definition) is 1. The van der Waals surface area contributed by atoms with Gasteiger partial charge in [-0.15, -0.1) is 0 Å². The zero-order chi connectivity index (χ0) is 27.5. The Bertz CT molecular complexity index is 1180. The first-order valence-electron chi connectivity index (χ1n) is 13.3. The number of carbonyl (C=O) groups is 2. The van der Waals surface area contributed by atoms with Crippen LogP contribution >= 0.6 is 0 Å². The van der Waals surface area contributed by atoms with Crippen LogP contribution in [0, 0.1) is 12.7 Å². The van der Waals surface area contributed by atoms with Crippen LogP contribution in [0.15, 0.2) is 84.6 Å². The Morgan fingerprint density at radius 3 is 2.47 bits per heavy atom. The number of aryl methyl sites for hydroxylation is 1. The third-order valence-electron chi connectivity index (χ3n) is 6.66. The molecule has 0 bridgehead atoms. The van der Waals surface area contributed by atoms with E-state index in [-0.39, 0.29) is 25.2 Å². The second kappa shape index (κ2) is 14.4. The highest BCUT2D eigenvalue weighted by Gasteiger charge is 2.35. The first-order valence-corrected chi connectivity index (χ1v) is 13.3. The fourth-order valence-corrected chi connectivity index (χ4v) is 4.81. The molecule has 3 rings (SSSR count). The summed E-state index contributed by atoms with van der Waals surface area (Å²) in [6.45, 7) is 9.25. The number of benzene rings is 2. The van der Waals surface area contributed by atoms with Crippen LogP contribution in [0.4, 0.5) is 4.39 Å². The average Bonchev–Trinajstić information content (AvgIpc) is 2.89. The maximum atomic E-state index is 14.1. The molecule has 2 aromatic rings. The van der Waals surface area contributed by atoms with E-state index in [1.165, 1.54) is 17.4 Å². The van der Waals surface area contributed by atoms with Gasteiger partial charge in [-0.3, -0.25) is 14.5 Å². The van der Waals surface area contributed by atoms with Crippen molar-refractivity contribution in [3.05, 3.63) is 107 Å². The molecule has 2 aromatic carbocycles. The zero-order valence-corrected chi connectivity index (χ0v) is 22.7. The van der Waals surface area contributed by atoms with E-state index in [1.807, 2.05) is 51.1 Å². The Morgan fingerprint density at radius 1 is 1.13 bits per heavy atom. The number of amides is 2. The third kappa shape index (κ3) is 7.99. The zero-order valence-electron chi connectivity index (χ0n) is 22.7. The number of rotatable bonds is 11. The monoisotopic (exact) mass is 518 g/mol. The molecule has 1 saturated carbocycles. The predicted octanol–water partition coefficient (Wildman–Crippen LogP) is 6.71. The van der Waals surface area contributed by atoms with E-state index in [1.54, 1.807) is 30.4 Å². The van der Waals surface area contributed by atoms with Gasteiger partial charge in [0.25, 0.3) is 5.91 Å². The van der Waals surface area contributed by atoms with Gasteiger partial charge in [-0.2, -0.15) is 0 Å². The van der Waals surface area contributed by atoms with Gasteiger partial charge in [0.2, 0.25) is 5.91 Å². The van der Waals surface area contributed by atoms with Crippen molar-refractivity contribution in [3.8, 4) is 0 Å². The SMILES string of the molecule is C=C(C)C=C(C=CC)N(C(=O)COCc1ccccc1F)C(C(=O)NC1CCCCC1)c1ccccc1C. The Labute approximate surface area is 226 Å². The Hall–Kier alpha value is -3.51. The van der Waals surface area contributed by atoms with Crippen LogP contribution in [0.1, 0.15) is 68.7 Å². The van der Waals surface area contributed by atoms with Crippen molar-refractivity contribution in [2.24, 2.45) is 0 Å². The van der Waals surface area contributed by atoms with Gasteiger partial charge in [0.05, 0.1) is 6.61 Å². The molecule has 0 spiro atoms. The van der Waals surface area contributed by atoms with Crippen LogP contribution in [0.25, 0.3) is 0 Å². The average molecular weight is 519 g/mol. The first-order chi connectivity index (χ1) is 18.3. The molecule has 202 valence electrons. The summed E-state index contributed by atoms with van der Waals surface area (Å²) in [5, 5.41) is 3.22. The maximum absolute atomic E-state index is 14.1. The third-order valence-corrected chi connectivity index (χ3v) is 6.66. The topological polar surface area (TPSA) is 58.6 Å². The highest BCUT2D eigenvalue weighted by Crippen LogP contribution is 2.30. The quantitative estimate of drug-likeness (QED) is 0.337. The molecule has 6 heteroatoms. The van der Waals surface area contributed by atoms with Gasteiger partial charge < -0.3 is 10.1 Å². The maximum Gasteiger partial charge on any atom is 0.254 e. The molecule has 0 radical (unpaired) electrons. The molecule has 38 heavy (non-hydrogen) atoms. The Balaban J connectivity index is 2.00. The van der Waals surface area contributed by atoms with E-state index in [0.29, 0.717) is 11.3 Å². The van der Waals surface area contributed by atoms with Crippen molar-refractivity contribution < 1.29 is 18.7 Å². The van der Waals surface area contributed by atoms with Crippen LogP contribution in [0.5, 0.6) is 0 Å². The van der Waals surface area contributed by atoms with E-state index >= 15 is 0 Å². The number of allylic oxidation sites excluding steroid dienone is 4. The number of ether oxygens (including phenoxy) is 1. The molecule has 0 saturated heterocycles. The van der Waals surface area contributed by atoms with E-state index in [9.17, 15) is 14.0 Å². The summed E-state index contributed by atoms with van der Waals surface area (Å²) >= 11 is 0. The summed E-state index contributed by atoms with van der Waals surface area (Å²) in [6.07, 6.45) is 10.6. The van der Waals surface area contributed by atoms with Crippen LogP contribution in [0.3, 0.4) is 0 Å². The second-order valence-corrected chi connectivity index (χ2v) is 9.87. The Morgan fingerprint density at radius 2 is 1.82 bits per heavy atom. The molecule has 0 aliphatic heterocycles. The number of halogens is 1. The molecule has 1 atom stereocenters. The molecule has 1 unspecified atom stereocenters. The summed E-state index contributed by atoms with van der Waals surface area (Å²) < 4.78 is 19.8. The van der Waals surface area contributed by atoms with Crippen LogP contribution in [-0.4, -0.2) is 29.4 Å². The number of hydrogen-bond acceptors (Lipinski definition) is 3. The smallest absolute Gasteiger partial charge is 0.254 e. The van der Waals surface area contributed by atoms with Crippen molar-refractivity contribution in [1.82, 2.24) is 10.2 Å². The van der Waals surface area contributed by atoms with Gasteiger partial charge in [-0.25, -0.2) is 4.39 Å². The van der Waals surface area contributed by atoms with Gasteiger partial charge in [-0.1, -0.05) is 80.0 Å². The molecule has 1 N–H and O–H groups in total. The normalized spacial score (nSPS) is 15.3. The molecule has 1 aliphatic carbocycles. The van der Waals surface area contributed by atoms with Crippen molar-refractivity contribution in [2.45, 2.75) is 71.6 Å². The molecule has 1 fully saturated rings. The van der Waals surface area contributed by atoms with Crippen molar-refractivity contribution in [2.75, 3.05) is 6.61 Å². The molecule has 0 aromatic heterocycles. The van der Waals surface area contributed by atoms with Gasteiger partial charge in [0.15, 0.2) is 0 Å². The van der Waals surface area contributed by atoms with Crippen molar-refractivity contribution >= 4 is 11.8 Å². The minimum Gasteiger partial charge on any atom is -0.367 e. The lowest BCUT2D eigenvalue weighted by molar-refractivity contribution is -0.142. The van der Waals surface area contributed by atoms with E-state index in [0.717, 1.165) is 42.4 Å². The summed E-state index contributed by atoms with van der Waals surface area (Å²) in [4.78, 5) is 29.3. The van der Waals surface area contributed by atoms with E-state index in [2.05, 4.69) is 11.9 Å². The summed E-state index contributed by atoms with van der Waals surface area (Å²) in [5.41, 5.74) is 3.27. The van der Waals surface area contributed by atoms with Crippen LogP contribution < -0.4 is 5.32 Å². The highest BCUT2D eigenvalue weighted by atomic mass is 19.1. The number of nitrogens with one attached hydrogen (secondary N) is 1. The van der Waals surface area contributed by atoms with Crippen molar-refractivity contribution in [3.63, 3.8) is 0 Å². The fourth-order valence-electron chi connectivity index (χ4n) is 4.81. The Kier molecular flexibility index (Phi) is 11.0. The minimum absolute atomic E-state index is 0.0568. The lowest BCUT2D eigenvalue weighted by Gasteiger charge is -2.35. The molecular weight excluding hydrogens is 479 g/mol. The standard InChI is InChI=1S/C32H39FN2O3/c1-5-13-27(20-23(2)3)35(30(36)22-38-21-25-15-10-12-19-29(25)33)31(28-18-11-9-14-24(28)4)32(37)34-26-16-7-6-8-17-26/h5,9-15,18-20,26,31H,2,6-8,16-17,21-22H2,1,3-4H3,(H,34,37). The first kappa shape index (κ1) is 29.1. The number of nitrogens with zero attached hydrogens (tertiary/aromatic N) is 1. The van der Waals surface area contributed by atoms with E-state index in [4.69, 9.17) is 4.74 Å². The molecule has 0 heterocycles. The van der Waals surface area contributed by atoms with Crippen molar-refractivity contribution in [1.29, 1.82) is 0 Å². The molecule has 5 nitrogen and oxygen atoms in total. The lowest BCUT2D eigenvalue weighted by atomic mass is 9.93. The summed E-state index contributed by atoms with van der Waals surface area (Å²) in [7, 11) is 0. The molecule has 2 amide bonds. The minimum atomic E-state index is -0.913. The summed E-state index contributed by atoms with van der Waals surface area (Å²) in [6, 6.07) is 13.1. The van der Waals surface area contributed by atoms with Gasteiger partial charge in [-0.05, 0) is 63.0 Å². The van der Waals surface area contributed by atoms with Crippen LogP contribution in [-0.2, 0) is 20.9 Å². The second-order valence-electron chi connectivity index (χ2n) is 9.87.